The van der Waals surface area contributed by atoms with Crippen molar-refractivity contribution in [2.45, 2.75) is 32.8 Å². The molecule has 0 bridgehead atoms. The van der Waals surface area contributed by atoms with Crippen LogP contribution < -0.4 is 0 Å². The summed E-state index contributed by atoms with van der Waals surface area (Å²) in [6.45, 7) is 5.63. The van der Waals surface area contributed by atoms with Crippen molar-refractivity contribution >= 4 is 50.2 Å². The largest absolute Gasteiger partial charge is 0.443 e. The third kappa shape index (κ3) is 2.46. The van der Waals surface area contributed by atoms with Crippen LogP contribution in [0, 0.1) is 0 Å². The molecule has 3 aromatic heterocycles. The van der Waals surface area contributed by atoms with Gasteiger partial charge in [-0.15, -0.1) is 0 Å². The second-order valence-electron chi connectivity index (χ2n) is 8.95. The number of pyridine rings is 2. The van der Waals surface area contributed by atoms with E-state index in [-0.39, 0.29) is 12.5 Å². The first-order valence-electron chi connectivity index (χ1n) is 10.3. The number of imide groups is 1. The number of rotatable bonds is 0. The van der Waals surface area contributed by atoms with Crippen LogP contribution in [0.3, 0.4) is 0 Å². The van der Waals surface area contributed by atoms with E-state index in [1.807, 2.05) is 40.8 Å². The van der Waals surface area contributed by atoms with Crippen LogP contribution in [-0.2, 0) is 11.2 Å². The van der Waals surface area contributed by atoms with Crippen molar-refractivity contribution < 1.29 is 14.3 Å². The van der Waals surface area contributed by atoms with E-state index < -0.39 is 11.7 Å². The van der Waals surface area contributed by atoms with Crippen molar-refractivity contribution in [3.05, 3.63) is 54.0 Å². The fourth-order valence-corrected chi connectivity index (χ4v) is 4.61. The van der Waals surface area contributed by atoms with E-state index in [9.17, 15) is 9.59 Å². The molecule has 2 aromatic carbocycles. The number of carbonyl (C=O) groups excluding carboxylic acids is 2. The molecule has 7 nitrogen and oxygen atoms in total. The van der Waals surface area contributed by atoms with Gasteiger partial charge in [-0.05, 0) is 39.0 Å². The Labute approximate surface area is 177 Å². The summed E-state index contributed by atoms with van der Waals surface area (Å²) in [5.41, 5.74) is 4.09. The Balaban J connectivity index is 1.70. The molecule has 0 spiro atoms. The molecule has 0 radical (unpaired) electrons. The first kappa shape index (κ1) is 18.1. The smallest absolute Gasteiger partial charge is 0.417 e. The number of benzene rings is 2. The molecule has 0 saturated heterocycles. The summed E-state index contributed by atoms with van der Waals surface area (Å²) in [7, 11) is 0. The van der Waals surface area contributed by atoms with Gasteiger partial charge in [0.1, 0.15) is 11.9 Å². The fourth-order valence-electron chi connectivity index (χ4n) is 4.61. The molecule has 2 amide bonds. The zero-order chi connectivity index (χ0) is 21.5. The maximum Gasteiger partial charge on any atom is 0.417 e. The molecule has 7 heteroatoms. The van der Waals surface area contributed by atoms with Crippen molar-refractivity contribution in [1.82, 2.24) is 19.3 Å². The molecule has 1 aliphatic heterocycles. The van der Waals surface area contributed by atoms with Gasteiger partial charge in [0, 0.05) is 29.1 Å². The molecule has 31 heavy (non-hydrogen) atoms. The van der Waals surface area contributed by atoms with Crippen molar-refractivity contribution in [2.24, 2.45) is 0 Å². The van der Waals surface area contributed by atoms with E-state index in [1.165, 1.54) is 4.90 Å². The van der Waals surface area contributed by atoms with Gasteiger partial charge in [-0.1, -0.05) is 18.2 Å². The Hall–Kier alpha value is -3.74. The first-order valence-corrected chi connectivity index (χ1v) is 10.3. The van der Waals surface area contributed by atoms with E-state index in [0.29, 0.717) is 12.0 Å². The van der Waals surface area contributed by atoms with E-state index in [2.05, 4.69) is 4.98 Å². The van der Waals surface area contributed by atoms with Gasteiger partial charge in [0.15, 0.2) is 0 Å². The lowest BCUT2D eigenvalue weighted by molar-refractivity contribution is 0.0233. The summed E-state index contributed by atoms with van der Waals surface area (Å²) in [4.78, 5) is 37.0. The molecule has 0 aliphatic carbocycles. The maximum atomic E-state index is 13.6. The van der Waals surface area contributed by atoms with Crippen molar-refractivity contribution in [3.8, 4) is 0 Å². The first-order chi connectivity index (χ1) is 14.8. The van der Waals surface area contributed by atoms with Gasteiger partial charge >= 0.3 is 6.09 Å². The number of amides is 2. The van der Waals surface area contributed by atoms with E-state index >= 15 is 0 Å². The maximum absolute atomic E-state index is 13.6. The van der Waals surface area contributed by atoms with Gasteiger partial charge in [-0.2, -0.15) is 0 Å². The Kier molecular flexibility index (Phi) is 3.44. The van der Waals surface area contributed by atoms with Gasteiger partial charge in [0.2, 0.25) is 0 Å². The molecule has 0 N–H and O–H groups in total. The monoisotopic (exact) mass is 412 g/mol. The summed E-state index contributed by atoms with van der Waals surface area (Å²) in [6.07, 6.45) is 1.67. The number of ether oxygens (including phenoxy) is 1. The van der Waals surface area contributed by atoms with Gasteiger partial charge in [-0.25, -0.2) is 14.7 Å². The molecule has 6 rings (SSSR count). The van der Waals surface area contributed by atoms with Crippen molar-refractivity contribution in [1.29, 1.82) is 0 Å². The predicted molar refractivity (Wildman–Crippen MR) is 118 cm³/mol. The van der Waals surface area contributed by atoms with Crippen molar-refractivity contribution in [3.63, 3.8) is 0 Å². The van der Waals surface area contributed by atoms with Gasteiger partial charge < -0.3 is 4.74 Å². The minimum absolute atomic E-state index is 0.251. The Morgan fingerprint density at radius 3 is 2.65 bits per heavy atom. The number of hydrogen-bond donors (Lipinski definition) is 0. The molecule has 154 valence electrons. The highest BCUT2D eigenvalue weighted by Crippen LogP contribution is 2.39. The second kappa shape index (κ2) is 5.91. The van der Waals surface area contributed by atoms with Gasteiger partial charge in [0.25, 0.3) is 5.91 Å². The van der Waals surface area contributed by atoms with Crippen LogP contribution in [-0.4, -0.2) is 43.4 Å². The van der Waals surface area contributed by atoms with E-state index in [4.69, 9.17) is 9.72 Å². The minimum atomic E-state index is -0.682. The molecule has 0 fully saturated rings. The molecular formula is C24H20N4O3. The van der Waals surface area contributed by atoms with Crippen LogP contribution >= 0.6 is 0 Å². The highest BCUT2D eigenvalue weighted by atomic mass is 16.6. The predicted octanol–water partition coefficient (Wildman–Crippen LogP) is 4.56. The number of aromatic nitrogens is 3. The zero-order valence-electron chi connectivity index (χ0n) is 17.5. The summed E-state index contributed by atoms with van der Waals surface area (Å²) < 4.78 is 7.54. The average Bonchev–Trinajstić information content (AvgIpc) is 3.16. The van der Waals surface area contributed by atoms with Gasteiger partial charge in [-0.3, -0.25) is 14.2 Å². The summed E-state index contributed by atoms with van der Waals surface area (Å²) in [5, 5.41) is 2.66. The number of para-hydroxylation sites is 1. The molecule has 1 aliphatic rings. The van der Waals surface area contributed by atoms with E-state index in [0.717, 1.165) is 43.9 Å². The molecule has 5 aromatic rings. The third-order valence-electron chi connectivity index (χ3n) is 5.81. The normalized spacial score (nSPS) is 14.8. The Morgan fingerprint density at radius 1 is 1.06 bits per heavy atom. The number of fused-ring (bicyclic) bond motifs is 5. The molecule has 0 atom stereocenters. The Morgan fingerprint density at radius 2 is 1.84 bits per heavy atom. The van der Waals surface area contributed by atoms with E-state index in [1.54, 1.807) is 27.1 Å². The topological polar surface area (TPSA) is 76.8 Å². The number of nitrogens with zero attached hydrogens (tertiary/aromatic N) is 4. The summed E-state index contributed by atoms with van der Waals surface area (Å²) in [5.74, 6) is -0.361. The lowest BCUT2D eigenvalue weighted by atomic mass is 9.93. The number of imidazole rings is 1. The lowest BCUT2D eigenvalue weighted by Crippen LogP contribution is -2.45. The van der Waals surface area contributed by atoms with Crippen LogP contribution in [0.2, 0.25) is 0 Å². The van der Waals surface area contributed by atoms with Crippen LogP contribution in [0.4, 0.5) is 4.79 Å². The molecule has 0 unspecified atom stereocenters. The SMILES string of the molecule is CC(C)(C)OC(=O)N1CCc2nc3ccc4ncn5c6ccccc6c(c2C1=O)c3c45. The summed E-state index contributed by atoms with van der Waals surface area (Å²) >= 11 is 0. The Bertz CT molecular complexity index is 1540. The zero-order valence-corrected chi connectivity index (χ0v) is 17.5. The molecule has 4 heterocycles. The fraction of sp³-hybridized carbons (Fsp3) is 0.250. The standard InChI is InChI=1S/C24H20N4O3/c1-24(2,3)31-23(30)27-11-10-15-20(22(27)29)18-13-6-4-5-7-17(13)28-12-25-16-9-8-14(26-15)19(18)21(16)28/h4-9,12H,10-11H2,1-3H3. The lowest BCUT2D eigenvalue weighted by Gasteiger charge is -2.30. The number of carbonyl (C=O) groups is 2. The highest BCUT2D eigenvalue weighted by molar-refractivity contribution is 6.28. The quantitative estimate of drug-likeness (QED) is 0.275. The highest BCUT2D eigenvalue weighted by Gasteiger charge is 2.35. The van der Waals surface area contributed by atoms with Crippen LogP contribution in [0.15, 0.2) is 42.7 Å². The third-order valence-corrected chi connectivity index (χ3v) is 5.81. The van der Waals surface area contributed by atoms with Crippen molar-refractivity contribution in [2.75, 3.05) is 6.54 Å². The summed E-state index contributed by atoms with van der Waals surface area (Å²) in [6, 6.07) is 11.9. The minimum Gasteiger partial charge on any atom is -0.443 e. The van der Waals surface area contributed by atoms with Crippen LogP contribution in [0.5, 0.6) is 0 Å². The van der Waals surface area contributed by atoms with Gasteiger partial charge in [0.05, 0.1) is 33.3 Å². The second-order valence-corrected chi connectivity index (χ2v) is 8.95. The average molecular weight is 412 g/mol. The molecular weight excluding hydrogens is 392 g/mol. The van der Waals surface area contributed by atoms with Crippen LogP contribution in [0.25, 0.3) is 38.2 Å². The van der Waals surface area contributed by atoms with Crippen LogP contribution in [0.1, 0.15) is 36.8 Å². The molecule has 0 saturated carbocycles. The number of hydrogen-bond acceptors (Lipinski definition) is 5.